The molecule has 1 rings (SSSR count). The van der Waals surface area contributed by atoms with Crippen molar-refractivity contribution in [3.05, 3.63) is 12.5 Å². The molecule has 2 N–H and O–H groups in total. The van der Waals surface area contributed by atoms with Crippen LogP contribution in [0, 0.1) is 0 Å². The lowest BCUT2D eigenvalue weighted by molar-refractivity contribution is -0.136. The summed E-state index contributed by atoms with van der Waals surface area (Å²) in [5.74, 6) is -0.363. The van der Waals surface area contributed by atoms with Gasteiger partial charge < -0.3 is 10.4 Å². The zero-order valence-corrected chi connectivity index (χ0v) is 6.27. The van der Waals surface area contributed by atoms with Gasteiger partial charge in [-0.05, 0) is 0 Å². The Bertz CT molecular complexity index is 251. The van der Waals surface area contributed by atoms with Crippen LogP contribution in [0.4, 0.5) is 5.82 Å². The van der Waals surface area contributed by atoms with E-state index in [4.69, 9.17) is 5.11 Å². The fraction of sp³-hybridized carbons (Fsp3) is 0.333. The van der Waals surface area contributed by atoms with Gasteiger partial charge in [-0.15, -0.1) is 10.2 Å². The van der Waals surface area contributed by atoms with E-state index in [2.05, 4.69) is 20.5 Å². The first-order valence-electron chi connectivity index (χ1n) is 3.37. The third-order valence-corrected chi connectivity index (χ3v) is 1.13. The summed E-state index contributed by atoms with van der Waals surface area (Å²) in [7, 11) is 0. The van der Waals surface area contributed by atoms with Crippen LogP contribution in [0.2, 0.25) is 0 Å². The maximum Gasteiger partial charge on any atom is 0.305 e. The predicted octanol–water partition coefficient (Wildman–Crippen LogP) is -0.242. The molecule has 0 aromatic carbocycles. The highest BCUT2D eigenvalue weighted by molar-refractivity contribution is 5.67. The largest absolute Gasteiger partial charge is 0.481 e. The predicted molar refractivity (Wildman–Crippen MR) is 40.6 cm³/mol. The van der Waals surface area contributed by atoms with Gasteiger partial charge in [-0.2, -0.15) is 0 Å². The van der Waals surface area contributed by atoms with Gasteiger partial charge in [0.2, 0.25) is 0 Å². The molecule has 64 valence electrons. The summed E-state index contributed by atoms with van der Waals surface area (Å²) in [5, 5.41) is 18.2. The number of rotatable bonds is 4. The Hall–Kier alpha value is -1.72. The van der Waals surface area contributed by atoms with Gasteiger partial charge >= 0.3 is 5.97 Å². The van der Waals surface area contributed by atoms with E-state index in [-0.39, 0.29) is 6.42 Å². The van der Waals surface area contributed by atoms with E-state index >= 15 is 0 Å². The standard InChI is InChI=1S/C6H8N4O2/c11-6(12)1-2-8-5-3-7-4-9-10-5/h3-4H,1-2H2,(H,8,10)(H,11,12). The highest BCUT2D eigenvalue weighted by Crippen LogP contribution is 1.94. The zero-order chi connectivity index (χ0) is 8.81. The van der Waals surface area contributed by atoms with E-state index in [0.29, 0.717) is 12.4 Å². The highest BCUT2D eigenvalue weighted by atomic mass is 16.4. The van der Waals surface area contributed by atoms with Gasteiger partial charge in [0.1, 0.15) is 6.33 Å². The summed E-state index contributed by atoms with van der Waals surface area (Å²) in [5.41, 5.74) is 0. The van der Waals surface area contributed by atoms with Crippen LogP contribution in [0.3, 0.4) is 0 Å². The molecule has 6 heteroatoms. The molecule has 0 aliphatic carbocycles. The maximum absolute atomic E-state index is 10.1. The second kappa shape index (κ2) is 4.22. The summed E-state index contributed by atoms with van der Waals surface area (Å²) in [6.45, 7) is 0.329. The second-order valence-electron chi connectivity index (χ2n) is 2.06. The minimum Gasteiger partial charge on any atom is -0.481 e. The Morgan fingerprint density at radius 1 is 1.67 bits per heavy atom. The monoisotopic (exact) mass is 168 g/mol. The third kappa shape index (κ3) is 2.91. The maximum atomic E-state index is 10.1. The van der Waals surface area contributed by atoms with Crippen LogP contribution in [-0.2, 0) is 4.79 Å². The number of hydrogen-bond acceptors (Lipinski definition) is 5. The lowest BCUT2D eigenvalue weighted by Gasteiger charge is -1.99. The van der Waals surface area contributed by atoms with Crippen molar-refractivity contribution in [2.24, 2.45) is 0 Å². The van der Waals surface area contributed by atoms with Crippen molar-refractivity contribution in [2.75, 3.05) is 11.9 Å². The van der Waals surface area contributed by atoms with Crippen LogP contribution in [0.1, 0.15) is 6.42 Å². The number of nitrogens with one attached hydrogen (secondary N) is 1. The van der Waals surface area contributed by atoms with E-state index in [1.54, 1.807) is 0 Å². The van der Waals surface area contributed by atoms with Crippen LogP contribution in [0.25, 0.3) is 0 Å². The number of carboxylic acid groups (broad SMARTS) is 1. The third-order valence-electron chi connectivity index (χ3n) is 1.13. The van der Waals surface area contributed by atoms with Crippen molar-refractivity contribution < 1.29 is 9.90 Å². The molecule has 1 aromatic rings. The number of carbonyl (C=O) groups is 1. The molecule has 6 nitrogen and oxygen atoms in total. The first-order valence-corrected chi connectivity index (χ1v) is 3.37. The van der Waals surface area contributed by atoms with E-state index in [1.807, 2.05) is 0 Å². The van der Waals surface area contributed by atoms with Crippen molar-refractivity contribution in [1.29, 1.82) is 0 Å². The van der Waals surface area contributed by atoms with Gasteiger partial charge in [0.05, 0.1) is 12.6 Å². The molecule has 0 saturated carbocycles. The Kier molecular flexibility index (Phi) is 2.95. The summed E-state index contributed by atoms with van der Waals surface area (Å²) in [6, 6.07) is 0. The first-order chi connectivity index (χ1) is 5.79. The lowest BCUT2D eigenvalue weighted by atomic mass is 10.4. The Labute approximate surface area is 68.7 Å². The van der Waals surface area contributed by atoms with Crippen LogP contribution in [-0.4, -0.2) is 32.8 Å². The average molecular weight is 168 g/mol. The molecule has 0 saturated heterocycles. The number of anilines is 1. The van der Waals surface area contributed by atoms with Gasteiger partial charge in [0.15, 0.2) is 5.82 Å². The van der Waals surface area contributed by atoms with Gasteiger partial charge in [0.25, 0.3) is 0 Å². The number of nitrogens with zero attached hydrogens (tertiary/aromatic N) is 3. The molecule has 0 bridgehead atoms. The summed E-state index contributed by atoms with van der Waals surface area (Å²) in [6.07, 6.45) is 2.84. The van der Waals surface area contributed by atoms with Crippen LogP contribution in [0.15, 0.2) is 12.5 Å². The highest BCUT2D eigenvalue weighted by Gasteiger charge is 1.96. The van der Waals surface area contributed by atoms with E-state index in [1.165, 1.54) is 12.5 Å². The Morgan fingerprint density at radius 3 is 3.08 bits per heavy atom. The lowest BCUT2D eigenvalue weighted by Crippen LogP contribution is -2.08. The number of carboxylic acids is 1. The first kappa shape index (κ1) is 8.38. The quantitative estimate of drug-likeness (QED) is 0.645. The molecular weight excluding hydrogens is 160 g/mol. The Morgan fingerprint density at radius 2 is 2.50 bits per heavy atom. The molecule has 0 aliphatic rings. The molecule has 0 spiro atoms. The van der Waals surface area contributed by atoms with E-state index in [9.17, 15) is 4.79 Å². The fourth-order valence-electron chi connectivity index (χ4n) is 0.626. The molecule has 0 aliphatic heterocycles. The normalized spacial score (nSPS) is 9.33. The number of aromatic nitrogens is 3. The van der Waals surface area contributed by atoms with Crippen molar-refractivity contribution in [2.45, 2.75) is 6.42 Å². The van der Waals surface area contributed by atoms with Gasteiger partial charge in [-0.1, -0.05) is 0 Å². The van der Waals surface area contributed by atoms with Gasteiger partial charge in [0, 0.05) is 6.54 Å². The summed E-state index contributed by atoms with van der Waals surface area (Å²) < 4.78 is 0. The molecule has 1 heterocycles. The number of aliphatic carboxylic acids is 1. The van der Waals surface area contributed by atoms with Crippen molar-refractivity contribution in [3.8, 4) is 0 Å². The summed E-state index contributed by atoms with van der Waals surface area (Å²) >= 11 is 0. The molecule has 0 fully saturated rings. The Balaban J connectivity index is 2.29. The molecule has 0 radical (unpaired) electrons. The molecule has 0 atom stereocenters. The van der Waals surface area contributed by atoms with Crippen molar-refractivity contribution >= 4 is 11.8 Å². The molecule has 0 unspecified atom stereocenters. The van der Waals surface area contributed by atoms with E-state index < -0.39 is 5.97 Å². The summed E-state index contributed by atoms with van der Waals surface area (Å²) in [4.78, 5) is 13.8. The minimum absolute atomic E-state index is 0.0522. The minimum atomic E-state index is -0.848. The van der Waals surface area contributed by atoms with Gasteiger partial charge in [-0.25, -0.2) is 4.98 Å². The van der Waals surface area contributed by atoms with Gasteiger partial charge in [-0.3, -0.25) is 4.79 Å². The van der Waals surface area contributed by atoms with Crippen LogP contribution in [0.5, 0.6) is 0 Å². The SMILES string of the molecule is O=C(O)CCNc1cncnn1. The zero-order valence-electron chi connectivity index (χ0n) is 6.27. The van der Waals surface area contributed by atoms with E-state index in [0.717, 1.165) is 0 Å². The number of hydrogen-bond donors (Lipinski definition) is 2. The average Bonchev–Trinajstić information content (AvgIpc) is 2.05. The fourth-order valence-corrected chi connectivity index (χ4v) is 0.626. The van der Waals surface area contributed by atoms with Crippen LogP contribution < -0.4 is 5.32 Å². The van der Waals surface area contributed by atoms with Crippen LogP contribution >= 0.6 is 0 Å². The molecule has 0 amide bonds. The smallest absolute Gasteiger partial charge is 0.305 e. The van der Waals surface area contributed by atoms with Crippen molar-refractivity contribution in [1.82, 2.24) is 15.2 Å². The molecule has 1 aromatic heterocycles. The topological polar surface area (TPSA) is 88.0 Å². The molecular formula is C6H8N4O2. The van der Waals surface area contributed by atoms with Crippen molar-refractivity contribution in [3.63, 3.8) is 0 Å². The second-order valence-corrected chi connectivity index (χ2v) is 2.06. The molecule has 12 heavy (non-hydrogen) atoms.